The molecule has 3 atom stereocenters. The molecular weight excluding hydrogens is 472 g/mol. The van der Waals surface area contributed by atoms with Gasteiger partial charge in [0.15, 0.2) is 11.6 Å². The average molecular weight is 492 g/mol. The Morgan fingerprint density at radius 3 is 2.51 bits per heavy atom. The van der Waals surface area contributed by atoms with Crippen LogP contribution in [0.5, 0.6) is 0 Å². The summed E-state index contributed by atoms with van der Waals surface area (Å²) >= 11 is 0. The number of aromatic nitrogens is 4. The van der Waals surface area contributed by atoms with E-state index in [2.05, 4.69) is 25.3 Å². The monoisotopic (exact) mass is 492 g/mol. The van der Waals surface area contributed by atoms with Gasteiger partial charge in [0.05, 0.1) is 23.9 Å². The standard InChI is InChI=1S/C22H20F4N6O3/c1-11(18-27-7-14(8-28-18)13-4-3-5-15(6-13)22(24,25)26)30-20-29-9-16(23)19(31-20)32-17(12(2)33)10-35-21(32)34/h3-9,11-12,17,33H,10H2,1-2H3,(H,29,30,31)/t11-,12-,17-/m1/s1. The van der Waals surface area contributed by atoms with Gasteiger partial charge in [0.25, 0.3) is 0 Å². The van der Waals surface area contributed by atoms with Gasteiger partial charge >= 0.3 is 12.3 Å². The summed E-state index contributed by atoms with van der Waals surface area (Å²) in [7, 11) is 0. The highest BCUT2D eigenvalue weighted by Crippen LogP contribution is 2.32. The first kappa shape index (κ1) is 24.3. The molecule has 35 heavy (non-hydrogen) atoms. The molecule has 1 saturated heterocycles. The zero-order chi connectivity index (χ0) is 25.3. The van der Waals surface area contributed by atoms with Crippen molar-refractivity contribution in [1.29, 1.82) is 0 Å². The van der Waals surface area contributed by atoms with E-state index in [4.69, 9.17) is 4.74 Å². The second-order valence-electron chi connectivity index (χ2n) is 7.89. The summed E-state index contributed by atoms with van der Waals surface area (Å²) in [5, 5.41) is 12.8. The Hall–Kier alpha value is -3.87. The minimum absolute atomic E-state index is 0.0384. The Morgan fingerprint density at radius 2 is 1.86 bits per heavy atom. The summed E-state index contributed by atoms with van der Waals surface area (Å²) in [6.07, 6.45) is -2.65. The van der Waals surface area contributed by atoms with Crippen molar-refractivity contribution in [2.45, 2.75) is 38.2 Å². The maximum atomic E-state index is 14.4. The predicted molar refractivity (Wildman–Crippen MR) is 116 cm³/mol. The van der Waals surface area contributed by atoms with Gasteiger partial charge in [0.2, 0.25) is 5.95 Å². The van der Waals surface area contributed by atoms with E-state index in [0.29, 0.717) is 11.1 Å². The third kappa shape index (κ3) is 5.14. The van der Waals surface area contributed by atoms with Crippen molar-refractivity contribution in [2.24, 2.45) is 0 Å². The fourth-order valence-corrected chi connectivity index (χ4v) is 3.48. The molecule has 13 heteroatoms. The molecule has 0 radical (unpaired) electrons. The van der Waals surface area contributed by atoms with Crippen molar-refractivity contribution >= 4 is 17.9 Å². The molecule has 0 unspecified atom stereocenters. The quantitative estimate of drug-likeness (QED) is 0.497. The number of benzene rings is 1. The van der Waals surface area contributed by atoms with Crippen LogP contribution in [0.3, 0.4) is 0 Å². The third-order valence-electron chi connectivity index (χ3n) is 5.34. The molecule has 2 N–H and O–H groups in total. The van der Waals surface area contributed by atoms with Crippen LogP contribution in [-0.2, 0) is 10.9 Å². The maximum Gasteiger partial charge on any atom is 0.416 e. The number of anilines is 2. The predicted octanol–water partition coefficient (Wildman–Crippen LogP) is 3.97. The zero-order valence-corrected chi connectivity index (χ0v) is 18.5. The van der Waals surface area contributed by atoms with Gasteiger partial charge in [-0.1, -0.05) is 12.1 Å². The molecule has 0 bridgehead atoms. The first-order valence-electron chi connectivity index (χ1n) is 10.5. The van der Waals surface area contributed by atoms with Crippen molar-refractivity contribution in [3.05, 3.63) is 60.1 Å². The Labute approximate surface area is 196 Å². The molecule has 1 aliphatic rings. The number of amides is 1. The number of carbonyl (C=O) groups is 1. The molecule has 1 aromatic carbocycles. The Morgan fingerprint density at radius 1 is 1.14 bits per heavy atom. The first-order chi connectivity index (χ1) is 16.5. The van der Waals surface area contributed by atoms with Gasteiger partial charge in [-0.25, -0.2) is 29.0 Å². The molecule has 0 spiro atoms. The van der Waals surface area contributed by atoms with Crippen LogP contribution in [0.4, 0.5) is 34.1 Å². The van der Waals surface area contributed by atoms with Crippen LogP contribution in [0.2, 0.25) is 0 Å². The highest BCUT2D eigenvalue weighted by atomic mass is 19.4. The maximum absolute atomic E-state index is 14.4. The SMILES string of the molecule is C[C@@H](Nc1ncc(F)c(N2C(=O)OC[C@@H]2[C@@H](C)O)n1)c1ncc(-c2cccc(C(F)(F)F)c2)cn1. The summed E-state index contributed by atoms with van der Waals surface area (Å²) in [6.45, 7) is 3.00. The van der Waals surface area contributed by atoms with E-state index in [9.17, 15) is 27.5 Å². The summed E-state index contributed by atoms with van der Waals surface area (Å²) < 4.78 is 58.3. The molecule has 1 aliphatic heterocycles. The summed E-state index contributed by atoms with van der Waals surface area (Å²) in [4.78, 5) is 29.3. The van der Waals surface area contributed by atoms with Crippen molar-refractivity contribution in [1.82, 2.24) is 19.9 Å². The van der Waals surface area contributed by atoms with Crippen molar-refractivity contribution in [3.63, 3.8) is 0 Å². The van der Waals surface area contributed by atoms with Crippen LogP contribution in [0.1, 0.15) is 31.3 Å². The number of nitrogens with zero attached hydrogens (tertiary/aromatic N) is 5. The Bertz CT molecular complexity index is 1220. The number of alkyl halides is 3. The molecule has 9 nitrogen and oxygen atoms in total. The largest absolute Gasteiger partial charge is 0.447 e. The highest BCUT2D eigenvalue weighted by molar-refractivity contribution is 5.89. The van der Waals surface area contributed by atoms with Crippen LogP contribution >= 0.6 is 0 Å². The minimum Gasteiger partial charge on any atom is -0.447 e. The van der Waals surface area contributed by atoms with E-state index in [0.717, 1.165) is 23.2 Å². The van der Waals surface area contributed by atoms with E-state index in [1.54, 1.807) is 6.92 Å². The molecule has 3 aromatic rings. The van der Waals surface area contributed by atoms with Crippen LogP contribution in [-0.4, -0.2) is 49.9 Å². The number of hydrogen-bond donors (Lipinski definition) is 2. The lowest BCUT2D eigenvalue weighted by Crippen LogP contribution is -2.42. The lowest BCUT2D eigenvalue weighted by Gasteiger charge is -2.23. The number of ether oxygens (including phenoxy) is 1. The first-order valence-corrected chi connectivity index (χ1v) is 10.5. The highest BCUT2D eigenvalue weighted by Gasteiger charge is 2.40. The van der Waals surface area contributed by atoms with Gasteiger partial charge in [0, 0.05) is 18.0 Å². The topological polar surface area (TPSA) is 113 Å². The smallest absolute Gasteiger partial charge is 0.416 e. The third-order valence-corrected chi connectivity index (χ3v) is 5.34. The number of rotatable bonds is 6. The van der Waals surface area contributed by atoms with Gasteiger partial charge in [-0.15, -0.1) is 0 Å². The number of aliphatic hydroxyl groups excluding tert-OH is 1. The van der Waals surface area contributed by atoms with E-state index in [-0.39, 0.29) is 24.2 Å². The fraction of sp³-hybridized carbons (Fsp3) is 0.318. The lowest BCUT2D eigenvalue weighted by atomic mass is 10.1. The number of aliphatic hydroxyl groups is 1. The van der Waals surface area contributed by atoms with Crippen molar-refractivity contribution < 1.29 is 32.2 Å². The molecule has 2 aromatic heterocycles. The fourth-order valence-electron chi connectivity index (χ4n) is 3.48. The second-order valence-corrected chi connectivity index (χ2v) is 7.89. The van der Waals surface area contributed by atoms with Crippen molar-refractivity contribution in [3.8, 4) is 11.1 Å². The molecule has 1 amide bonds. The van der Waals surface area contributed by atoms with Crippen LogP contribution in [0, 0.1) is 5.82 Å². The van der Waals surface area contributed by atoms with Gasteiger partial charge in [-0.05, 0) is 31.5 Å². The van der Waals surface area contributed by atoms with Crippen LogP contribution in [0.15, 0.2) is 42.9 Å². The van der Waals surface area contributed by atoms with Gasteiger partial charge in [-0.3, -0.25) is 0 Å². The van der Waals surface area contributed by atoms with Gasteiger partial charge in [0.1, 0.15) is 18.5 Å². The Balaban J connectivity index is 1.52. The molecular formula is C22H20F4N6O3. The minimum atomic E-state index is -4.47. The lowest BCUT2D eigenvalue weighted by molar-refractivity contribution is -0.137. The van der Waals surface area contributed by atoms with Crippen molar-refractivity contribution in [2.75, 3.05) is 16.8 Å². The molecule has 1 fully saturated rings. The normalized spacial score (nSPS) is 17.7. The Kier molecular flexibility index (Phi) is 6.52. The van der Waals surface area contributed by atoms with E-state index >= 15 is 0 Å². The number of hydrogen-bond acceptors (Lipinski definition) is 8. The number of halogens is 4. The van der Waals surface area contributed by atoms with E-state index < -0.39 is 41.8 Å². The van der Waals surface area contributed by atoms with Gasteiger partial charge < -0.3 is 15.2 Å². The van der Waals surface area contributed by atoms with Gasteiger partial charge in [-0.2, -0.15) is 18.2 Å². The molecule has 4 rings (SSSR count). The number of cyclic esters (lactones) is 1. The summed E-state index contributed by atoms with van der Waals surface area (Å²) in [5.41, 5.74) is -0.0779. The summed E-state index contributed by atoms with van der Waals surface area (Å²) in [6, 6.07) is 3.42. The molecule has 0 saturated carbocycles. The molecule has 184 valence electrons. The van der Waals surface area contributed by atoms with Crippen LogP contribution < -0.4 is 10.2 Å². The molecule has 0 aliphatic carbocycles. The zero-order valence-electron chi connectivity index (χ0n) is 18.5. The van der Waals surface area contributed by atoms with E-state index in [1.807, 2.05) is 0 Å². The molecule has 3 heterocycles. The van der Waals surface area contributed by atoms with Crippen LogP contribution in [0.25, 0.3) is 11.1 Å². The number of carbonyl (C=O) groups excluding carboxylic acids is 1. The summed E-state index contributed by atoms with van der Waals surface area (Å²) in [5.74, 6) is -1.00. The second kappa shape index (κ2) is 9.41. The average Bonchev–Trinajstić information content (AvgIpc) is 3.21. The number of nitrogens with one attached hydrogen (secondary N) is 1. The van der Waals surface area contributed by atoms with E-state index in [1.165, 1.54) is 31.5 Å².